The van der Waals surface area contributed by atoms with Crippen molar-refractivity contribution in [2.45, 2.75) is 31.1 Å². The van der Waals surface area contributed by atoms with Crippen LogP contribution in [0.25, 0.3) is 11.5 Å². The second-order valence-electron chi connectivity index (χ2n) is 6.68. The van der Waals surface area contributed by atoms with Crippen LogP contribution in [0.5, 0.6) is 0 Å². The maximum Gasteiger partial charge on any atom is 0.257 e. The van der Waals surface area contributed by atoms with Crippen LogP contribution in [0.4, 0.5) is 0 Å². The summed E-state index contributed by atoms with van der Waals surface area (Å²) in [4.78, 5) is 4.62. The van der Waals surface area contributed by atoms with E-state index in [0.717, 1.165) is 11.1 Å². The molecule has 2 aromatic carbocycles. The summed E-state index contributed by atoms with van der Waals surface area (Å²) < 4.78 is 32.0. The van der Waals surface area contributed by atoms with E-state index in [1.54, 1.807) is 19.2 Å². The third kappa shape index (κ3) is 4.43. The van der Waals surface area contributed by atoms with Gasteiger partial charge in [-0.2, -0.15) is 4.98 Å². The van der Waals surface area contributed by atoms with E-state index in [9.17, 15) is 8.42 Å². The molecule has 0 atom stereocenters. The molecule has 0 spiro atoms. The first-order valence-corrected chi connectivity index (χ1v) is 10.3. The summed E-state index contributed by atoms with van der Waals surface area (Å²) in [6.07, 6.45) is 0.371. The first-order chi connectivity index (χ1) is 12.9. The number of likely N-dealkylation sites (N-methyl/N-ethyl adjacent to an activating group) is 1. The van der Waals surface area contributed by atoms with Crippen LogP contribution in [-0.2, 0) is 16.4 Å². The zero-order chi connectivity index (χ0) is 19.4. The molecule has 0 aliphatic carbocycles. The van der Waals surface area contributed by atoms with E-state index in [2.05, 4.69) is 24.0 Å². The number of nitrogens with zero attached hydrogens (tertiary/aromatic N) is 3. The van der Waals surface area contributed by atoms with Crippen molar-refractivity contribution in [1.82, 2.24) is 14.4 Å². The van der Waals surface area contributed by atoms with Gasteiger partial charge in [-0.05, 0) is 35.7 Å². The molecule has 0 bridgehead atoms. The highest BCUT2D eigenvalue weighted by molar-refractivity contribution is 7.89. The molecule has 6 nitrogen and oxygen atoms in total. The van der Waals surface area contributed by atoms with Crippen molar-refractivity contribution in [1.29, 1.82) is 0 Å². The summed E-state index contributed by atoms with van der Waals surface area (Å²) in [5, 5.41) is 3.94. The summed E-state index contributed by atoms with van der Waals surface area (Å²) in [7, 11) is -1.99. The van der Waals surface area contributed by atoms with Gasteiger partial charge < -0.3 is 4.52 Å². The third-order valence-electron chi connectivity index (χ3n) is 4.39. The quantitative estimate of drug-likeness (QED) is 0.619. The molecule has 0 saturated heterocycles. The Morgan fingerprint density at radius 2 is 1.70 bits per heavy atom. The summed E-state index contributed by atoms with van der Waals surface area (Å²) in [6, 6.07) is 16.5. The fraction of sp³-hybridized carbons (Fsp3) is 0.300. The normalized spacial score (nSPS) is 12.0. The standard InChI is InChI=1S/C20H23N3O3S/c1-15(2)16-9-11-18(12-10-16)27(24,25)23(3)14-13-19-21-20(26-22-19)17-7-5-4-6-8-17/h4-12,15H,13-14H2,1-3H3. The minimum Gasteiger partial charge on any atom is -0.334 e. The number of rotatable bonds is 7. The number of benzene rings is 2. The van der Waals surface area contributed by atoms with Crippen molar-refractivity contribution < 1.29 is 12.9 Å². The molecule has 0 fully saturated rings. The van der Waals surface area contributed by atoms with Crippen LogP contribution in [0.3, 0.4) is 0 Å². The van der Waals surface area contributed by atoms with E-state index in [1.807, 2.05) is 42.5 Å². The molecular weight excluding hydrogens is 362 g/mol. The molecule has 0 amide bonds. The van der Waals surface area contributed by atoms with E-state index in [0.29, 0.717) is 24.1 Å². The van der Waals surface area contributed by atoms with Crippen LogP contribution in [0.2, 0.25) is 0 Å². The van der Waals surface area contributed by atoms with Crippen molar-refractivity contribution >= 4 is 10.0 Å². The van der Waals surface area contributed by atoms with Gasteiger partial charge in [0.05, 0.1) is 4.90 Å². The average Bonchev–Trinajstić information content (AvgIpc) is 3.16. The van der Waals surface area contributed by atoms with E-state index in [4.69, 9.17) is 4.52 Å². The van der Waals surface area contributed by atoms with E-state index >= 15 is 0 Å². The predicted molar refractivity (Wildman–Crippen MR) is 104 cm³/mol. The first kappa shape index (κ1) is 19.3. The molecule has 142 valence electrons. The van der Waals surface area contributed by atoms with Gasteiger partial charge in [-0.3, -0.25) is 0 Å². The summed E-state index contributed by atoms with van der Waals surface area (Å²) in [5.41, 5.74) is 1.94. The van der Waals surface area contributed by atoms with Gasteiger partial charge in [-0.15, -0.1) is 0 Å². The molecular formula is C20H23N3O3S. The highest BCUT2D eigenvalue weighted by Gasteiger charge is 2.21. The Bertz CT molecular complexity index is 981. The summed E-state index contributed by atoms with van der Waals surface area (Å²) in [6.45, 7) is 4.41. The largest absolute Gasteiger partial charge is 0.334 e. The van der Waals surface area contributed by atoms with Crippen LogP contribution in [0.15, 0.2) is 64.0 Å². The maximum absolute atomic E-state index is 12.7. The Balaban J connectivity index is 1.66. The third-order valence-corrected chi connectivity index (χ3v) is 6.27. The monoisotopic (exact) mass is 385 g/mol. The van der Waals surface area contributed by atoms with Crippen LogP contribution < -0.4 is 0 Å². The van der Waals surface area contributed by atoms with Crippen LogP contribution >= 0.6 is 0 Å². The maximum atomic E-state index is 12.7. The Morgan fingerprint density at radius 1 is 1.04 bits per heavy atom. The lowest BCUT2D eigenvalue weighted by atomic mass is 10.0. The second kappa shape index (κ2) is 8.02. The molecule has 3 rings (SSSR count). The fourth-order valence-electron chi connectivity index (χ4n) is 2.64. The molecule has 0 N–H and O–H groups in total. The van der Waals surface area contributed by atoms with Gasteiger partial charge in [0, 0.05) is 25.6 Å². The van der Waals surface area contributed by atoms with Crippen LogP contribution in [0.1, 0.15) is 31.2 Å². The van der Waals surface area contributed by atoms with Gasteiger partial charge in [0.25, 0.3) is 5.89 Å². The second-order valence-corrected chi connectivity index (χ2v) is 8.73. The topological polar surface area (TPSA) is 76.3 Å². The molecule has 1 aromatic heterocycles. The number of hydrogen-bond acceptors (Lipinski definition) is 5. The van der Waals surface area contributed by atoms with E-state index in [1.165, 1.54) is 4.31 Å². The molecule has 3 aromatic rings. The van der Waals surface area contributed by atoms with Crippen LogP contribution in [-0.4, -0.2) is 36.5 Å². The van der Waals surface area contributed by atoms with E-state index in [-0.39, 0.29) is 11.4 Å². The Hall–Kier alpha value is -2.51. The van der Waals surface area contributed by atoms with Gasteiger partial charge in [-0.1, -0.05) is 49.3 Å². The Kier molecular flexibility index (Phi) is 5.72. The molecule has 1 heterocycles. The fourth-order valence-corrected chi connectivity index (χ4v) is 3.81. The Labute approximate surface area is 159 Å². The van der Waals surface area contributed by atoms with Gasteiger partial charge >= 0.3 is 0 Å². The summed E-state index contributed by atoms with van der Waals surface area (Å²) >= 11 is 0. The number of hydrogen-bond donors (Lipinski definition) is 0. The predicted octanol–water partition coefficient (Wildman–Crippen LogP) is 3.72. The molecule has 0 saturated carbocycles. The smallest absolute Gasteiger partial charge is 0.257 e. The minimum absolute atomic E-state index is 0.266. The van der Waals surface area contributed by atoms with Gasteiger partial charge in [0.15, 0.2) is 5.82 Å². The van der Waals surface area contributed by atoms with Crippen molar-refractivity contribution in [3.63, 3.8) is 0 Å². The van der Waals surface area contributed by atoms with Crippen molar-refractivity contribution in [2.24, 2.45) is 0 Å². The number of aromatic nitrogens is 2. The lowest BCUT2D eigenvalue weighted by Gasteiger charge is -2.17. The van der Waals surface area contributed by atoms with E-state index < -0.39 is 10.0 Å². The van der Waals surface area contributed by atoms with Gasteiger partial charge in [-0.25, -0.2) is 12.7 Å². The highest BCUT2D eigenvalue weighted by Crippen LogP contribution is 2.20. The number of sulfonamides is 1. The molecule has 0 aliphatic rings. The van der Waals surface area contributed by atoms with Crippen LogP contribution in [0, 0.1) is 0 Å². The van der Waals surface area contributed by atoms with Crippen molar-refractivity contribution in [3.8, 4) is 11.5 Å². The lowest BCUT2D eigenvalue weighted by molar-refractivity contribution is 0.415. The zero-order valence-electron chi connectivity index (χ0n) is 15.7. The SMILES string of the molecule is CC(C)c1ccc(S(=O)(=O)N(C)CCc2noc(-c3ccccc3)n2)cc1. The molecule has 0 aliphatic heterocycles. The lowest BCUT2D eigenvalue weighted by Crippen LogP contribution is -2.29. The molecule has 27 heavy (non-hydrogen) atoms. The summed E-state index contributed by atoms with van der Waals surface area (Å²) in [5.74, 6) is 1.27. The van der Waals surface area contributed by atoms with Crippen molar-refractivity contribution in [3.05, 3.63) is 66.0 Å². The Morgan fingerprint density at radius 3 is 2.33 bits per heavy atom. The first-order valence-electron chi connectivity index (χ1n) is 8.82. The van der Waals surface area contributed by atoms with Gasteiger partial charge in [0.2, 0.25) is 10.0 Å². The molecule has 0 radical (unpaired) electrons. The highest BCUT2D eigenvalue weighted by atomic mass is 32.2. The average molecular weight is 385 g/mol. The van der Waals surface area contributed by atoms with Gasteiger partial charge in [0.1, 0.15) is 0 Å². The van der Waals surface area contributed by atoms with Crippen molar-refractivity contribution in [2.75, 3.05) is 13.6 Å². The molecule has 7 heteroatoms. The zero-order valence-corrected chi connectivity index (χ0v) is 16.5. The minimum atomic E-state index is -3.55. The molecule has 0 unspecified atom stereocenters.